The second-order valence-electron chi connectivity index (χ2n) is 5.47. The van der Waals surface area contributed by atoms with Crippen LogP contribution in [-0.4, -0.2) is 25.3 Å². The van der Waals surface area contributed by atoms with E-state index in [1.165, 1.54) is 43.2 Å². The Morgan fingerprint density at radius 3 is 2.56 bits per heavy atom. The summed E-state index contributed by atoms with van der Waals surface area (Å²) in [6.45, 7) is 0. The van der Waals surface area contributed by atoms with Crippen LogP contribution in [0, 0.1) is 0 Å². The van der Waals surface area contributed by atoms with E-state index in [0.717, 1.165) is 0 Å². The van der Waals surface area contributed by atoms with Gasteiger partial charge in [0.05, 0.1) is 14.2 Å². The van der Waals surface area contributed by atoms with E-state index in [1.54, 1.807) is 30.3 Å². The van der Waals surface area contributed by atoms with E-state index in [2.05, 4.69) is 5.27 Å². The summed E-state index contributed by atoms with van der Waals surface area (Å²) in [6.07, 6.45) is 2.70. The van der Waals surface area contributed by atoms with E-state index in [4.69, 9.17) is 14.0 Å². The van der Waals surface area contributed by atoms with Crippen molar-refractivity contribution in [2.24, 2.45) is 0 Å². The largest absolute Gasteiger partial charge is 0.870 e. The third-order valence-corrected chi connectivity index (χ3v) is 3.83. The number of nitrogens with zero attached hydrogens (tertiary/aromatic N) is 1. The molecule has 0 bridgehead atoms. The average molecular weight is 368 g/mol. The van der Waals surface area contributed by atoms with Gasteiger partial charge in [-0.05, 0) is 39.8 Å². The van der Waals surface area contributed by atoms with Crippen LogP contribution in [0.3, 0.4) is 0 Å². The van der Waals surface area contributed by atoms with Gasteiger partial charge in [-0.3, -0.25) is 9.32 Å². The average Bonchev–Trinajstić information content (AvgIpc) is 3.08. The van der Waals surface area contributed by atoms with Crippen molar-refractivity contribution < 1.29 is 28.6 Å². The molecule has 1 heterocycles. The molecule has 1 N–H and O–H groups in total. The number of aromatic amines is 1. The van der Waals surface area contributed by atoms with Crippen LogP contribution in [0.2, 0.25) is 0 Å². The Bertz CT molecular complexity index is 1050. The van der Waals surface area contributed by atoms with Gasteiger partial charge in [0.2, 0.25) is 5.69 Å². The Morgan fingerprint density at radius 2 is 1.89 bits per heavy atom. The Labute approximate surface area is 153 Å². The molecule has 8 heteroatoms. The molecule has 1 aromatic heterocycles. The Hall–Kier alpha value is -3.81. The van der Waals surface area contributed by atoms with E-state index < -0.39 is 11.4 Å². The third kappa shape index (κ3) is 3.74. The molecular formula is C19H16N2O6. The molecule has 0 unspecified atom stereocenters. The molecule has 0 atom stereocenters. The number of ketones is 1. The molecule has 138 valence electrons. The molecule has 0 fully saturated rings. The normalized spacial score (nSPS) is 10.9. The van der Waals surface area contributed by atoms with Crippen LogP contribution in [0.5, 0.6) is 17.2 Å². The van der Waals surface area contributed by atoms with Crippen molar-refractivity contribution in [1.29, 1.82) is 0 Å². The SMILES string of the molecule is COc1ccc(-[n+]2[nH]oc(=O)c2C(=O)/C=C/c2ccc([O-])c(OC)c2)cc1. The van der Waals surface area contributed by atoms with Crippen molar-refractivity contribution in [3.8, 4) is 22.9 Å². The molecule has 0 aliphatic rings. The zero-order valence-corrected chi connectivity index (χ0v) is 14.6. The molecule has 2 aromatic carbocycles. The summed E-state index contributed by atoms with van der Waals surface area (Å²) in [5.74, 6) is -0.0247. The maximum atomic E-state index is 12.5. The lowest BCUT2D eigenvalue weighted by Crippen LogP contribution is -2.40. The first-order valence-corrected chi connectivity index (χ1v) is 7.89. The second kappa shape index (κ2) is 7.61. The van der Waals surface area contributed by atoms with Crippen molar-refractivity contribution in [2.75, 3.05) is 14.2 Å². The van der Waals surface area contributed by atoms with Gasteiger partial charge < -0.3 is 14.6 Å². The molecule has 3 rings (SSSR count). The summed E-state index contributed by atoms with van der Waals surface area (Å²) in [6, 6.07) is 11.1. The number of hydrogen-bond acceptors (Lipinski definition) is 6. The van der Waals surface area contributed by atoms with E-state index in [1.807, 2.05) is 0 Å². The topological polar surface area (TPSA) is 108 Å². The number of methoxy groups -OCH3 is 2. The van der Waals surface area contributed by atoms with E-state index in [9.17, 15) is 14.7 Å². The Morgan fingerprint density at radius 1 is 1.15 bits per heavy atom. The number of carbonyl (C=O) groups excluding carboxylic acids is 1. The standard InChI is InChI=1S/C19H16N2O6/c1-25-14-7-5-13(6-8-14)21-18(19(24)27-20-21)16(23)10-4-12-3-9-15(22)17(11-12)26-2/h3-11H,1-2H3,(H-,20,22,23,24). The van der Waals surface area contributed by atoms with Gasteiger partial charge in [-0.15, -0.1) is 0 Å². The molecule has 0 spiro atoms. The lowest BCUT2D eigenvalue weighted by Gasteiger charge is -2.11. The molecule has 0 aliphatic carbocycles. The van der Waals surface area contributed by atoms with Crippen LogP contribution < -0.4 is 24.9 Å². The highest BCUT2D eigenvalue weighted by Gasteiger charge is 2.28. The van der Waals surface area contributed by atoms with Gasteiger partial charge in [0.25, 0.3) is 5.78 Å². The minimum Gasteiger partial charge on any atom is -0.870 e. The molecule has 8 nitrogen and oxygen atoms in total. The Balaban J connectivity index is 1.91. The maximum Gasteiger partial charge on any atom is 0.439 e. The molecular weight excluding hydrogens is 352 g/mol. The number of hydrogen-bond donors (Lipinski definition) is 1. The molecule has 0 amide bonds. The lowest BCUT2D eigenvalue weighted by molar-refractivity contribution is -0.672. The van der Waals surface area contributed by atoms with Gasteiger partial charge in [-0.2, -0.15) is 0 Å². The summed E-state index contributed by atoms with van der Waals surface area (Å²) >= 11 is 0. The summed E-state index contributed by atoms with van der Waals surface area (Å²) < 4.78 is 16.1. The number of allylic oxidation sites excluding steroid dienone is 1. The predicted octanol–water partition coefficient (Wildman–Crippen LogP) is 1.23. The lowest BCUT2D eigenvalue weighted by atomic mass is 10.1. The number of carbonyl (C=O) groups is 1. The van der Waals surface area contributed by atoms with Crippen molar-refractivity contribution in [1.82, 2.24) is 5.27 Å². The first-order valence-electron chi connectivity index (χ1n) is 7.89. The summed E-state index contributed by atoms with van der Waals surface area (Å²) in [5, 5.41) is 13.9. The van der Waals surface area contributed by atoms with Crippen molar-refractivity contribution in [3.63, 3.8) is 0 Å². The predicted molar refractivity (Wildman–Crippen MR) is 93.2 cm³/mol. The van der Waals surface area contributed by atoms with Crippen LogP contribution in [-0.2, 0) is 0 Å². The van der Waals surface area contributed by atoms with E-state index in [0.29, 0.717) is 17.0 Å². The number of H-pyrrole nitrogens is 1. The highest BCUT2D eigenvalue weighted by atomic mass is 16.5. The zero-order valence-electron chi connectivity index (χ0n) is 14.6. The van der Waals surface area contributed by atoms with Crippen LogP contribution in [0.15, 0.2) is 57.9 Å². The number of benzene rings is 2. The van der Waals surface area contributed by atoms with E-state index >= 15 is 0 Å². The first-order chi connectivity index (χ1) is 13.0. The highest BCUT2D eigenvalue weighted by Crippen LogP contribution is 2.24. The molecule has 3 aromatic rings. The van der Waals surface area contributed by atoms with Crippen LogP contribution in [0.4, 0.5) is 0 Å². The fourth-order valence-corrected chi connectivity index (χ4v) is 2.43. The van der Waals surface area contributed by atoms with Gasteiger partial charge in [0.15, 0.2) is 0 Å². The van der Waals surface area contributed by atoms with Crippen LogP contribution >= 0.6 is 0 Å². The third-order valence-electron chi connectivity index (χ3n) is 3.83. The first kappa shape index (κ1) is 18.0. The number of aromatic nitrogens is 2. The molecule has 0 saturated carbocycles. The number of nitrogens with one attached hydrogen (secondary N) is 1. The van der Waals surface area contributed by atoms with Gasteiger partial charge in [0, 0.05) is 12.1 Å². The summed E-state index contributed by atoms with van der Waals surface area (Å²) in [7, 11) is 2.92. The van der Waals surface area contributed by atoms with Gasteiger partial charge in [-0.25, -0.2) is 4.79 Å². The Kier molecular flexibility index (Phi) is 5.07. The van der Waals surface area contributed by atoms with Crippen molar-refractivity contribution in [3.05, 3.63) is 70.2 Å². The van der Waals surface area contributed by atoms with Crippen LogP contribution in [0.1, 0.15) is 16.1 Å². The zero-order chi connectivity index (χ0) is 19.4. The molecule has 0 saturated heterocycles. The van der Waals surface area contributed by atoms with E-state index in [-0.39, 0.29) is 17.2 Å². The quantitative estimate of drug-likeness (QED) is 0.398. The fraction of sp³-hybridized carbons (Fsp3) is 0.105. The summed E-state index contributed by atoms with van der Waals surface area (Å²) in [4.78, 5) is 24.5. The monoisotopic (exact) mass is 368 g/mol. The highest BCUT2D eigenvalue weighted by molar-refractivity contribution is 6.04. The van der Waals surface area contributed by atoms with Crippen LogP contribution in [0.25, 0.3) is 11.8 Å². The minimum absolute atomic E-state index is 0.166. The van der Waals surface area contributed by atoms with Crippen molar-refractivity contribution in [2.45, 2.75) is 0 Å². The minimum atomic E-state index is -0.798. The molecule has 0 radical (unpaired) electrons. The second-order valence-corrected chi connectivity index (χ2v) is 5.47. The molecule has 0 aliphatic heterocycles. The number of rotatable bonds is 6. The smallest absolute Gasteiger partial charge is 0.439 e. The fourth-order valence-electron chi connectivity index (χ4n) is 2.43. The van der Waals surface area contributed by atoms with Gasteiger partial charge >= 0.3 is 11.3 Å². The number of ether oxygens (including phenoxy) is 2. The van der Waals surface area contributed by atoms with Gasteiger partial charge in [-0.1, -0.05) is 24.0 Å². The molecule has 27 heavy (non-hydrogen) atoms. The summed E-state index contributed by atoms with van der Waals surface area (Å²) in [5.41, 5.74) is 0.114. The van der Waals surface area contributed by atoms with Gasteiger partial charge in [0.1, 0.15) is 11.5 Å². The maximum absolute atomic E-state index is 12.5. The van der Waals surface area contributed by atoms with Crippen molar-refractivity contribution >= 4 is 11.9 Å².